The molecule has 0 aromatic carbocycles. The highest BCUT2D eigenvalue weighted by molar-refractivity contribution is 6.01. The first-order chi connectivity index (χ1) is 12.2. The first-order valence-electron chi connectivity index (χ1n) is 8.59. The van der Waals surface area contributed by atoms with E-state index >= 15 is 0 Å². The predicted molar refractivity (Wildman–Crippen MR) is 91.9 cm³/mol. The van der Waals surface area contributed by atoms with Crippen LogP contribution < -0.4 is 4.90 Å². The van der Waals surface area contributed by atoms with E-state index in [4.69, 9.17) is 0 Å². The first-order valence-corrected chi connectivity index (χ1v) is 8.59. The highest BCUT2D eigenvalue weighted by Crippen LogP contribution is 2.17. The van der Waals surface area contributed by atoms with E-state index < -0.39 is 0 Å². The van der Waals surface area contributed by atoms with Crippen LogP contribution in [0.15, 0.2) is 24.5 Å². The van der Waals surface area contributed by atoms with Crippen molar-refractivity contribution in [3.05, 3.63) is 24.5 Å². The summed E-state index contributed by atoms with van der Waals surface area (Å²) in [5.74, 6) is 0.841. The molecule has 130 valence electrons. The molecule has 0 bridgehead atoms. The van der Waals surface area contributed by atoms with Crippen LogP contribution in [0, 0.1) is 0 Å². The van der Waals surface area contributed by atoms with Gasteiger partial charge in [0.25, 0.3) is 0 Å². The fraction of sp³-hybridized carbons (Fsp3) is 0.471. The minimum Gasteiger partial charge on any atom is -0.354 e. The number of imide groups is 1. The van der Waals surface area contributed by atoms with E-state index in [1.807, 2.05) is 12.1 Å². The Bertz CT molecular complexity index is 787. The van der Waals surface area contributed by atoms with Crippen molar-refractivity contribution >= 4 is 28.8 Å². The molecule has 0 saturated carbocycles. The second-order valence-corrected chi connectivity index (χ2v) is 6.34. The summed E-state index contributed by atoms with van der Waals surface area (Å²) < 4.78 is 0. The van der Waals surface area contributed by atoms with E-state index in [-0.39, 0.29) is 11.8 Å². The summed E-state index contributed by atoms with van der Waals surface area (Å²) in [6.07, 6.45) is 4.04. The Morgan fingerprint density at radius 1 is 0.880 bits per heavy atom. The minimum absolute atomic E-state index is 0.0369. The van der Waals surface area contributed by atoms with Crippen molar-refractivity contribution in [1.82, 2.24) is 24.8 Å². The molecular weight excluding hydrogens is 320 g/mol. The maximum atomic E-state index is 11.7. The second kappa shape index (κ2) is 6.72. The largest absolute Gasteiger partial charge is 0.354 e. The fourth-order valence-corrected chi connectivity index (χ4v) is 3.33. The Kier molecular flexibility index (Phi) is 4.27. The number of aromatic nitrogens is 3. The Morgan fingerprint density at radius 2 is 1.60 bits per heavy atom. The summed E-state index contributed by atoms with van der Waals surface area (Å²) in [4.78, 5) is 42.3. The average molecular weight is 340 g/mol. The summed E-state index contributed by atoms with van der Waals surface area (Å²) >= 11 is 0. The molecule has 2 aliphatic heterocycles. The van der Waals surface area contributed by atoms with E-state index in [9.17, 15) is 9.59 Å². The molecule has 25 heavy (non-hydrogen) atoms. The summed E-state index contributed by atoms with van der Waals surface area (Å²) in [7, 11) is 0. The highest BCUT2D eigenvalue weighted by atomic mass is 16.2. The predicted octanol–water partition coefficient (Wildman–Crippen LogP) is 0.296. The van der Waals surface area contributed by atoms with Gasteiger partial charge in [-0.25, -0.2) is 9.97 Å². The van der Waals surface area contributed by atoms with Crippen LogP contribution in [0.4, 0.5) is 5.82 Å². The molecule has 0 radical (unpaired) electrons. The molecule has 0 unspecified atom stereocenters. The molecule has 8 nitrogen and oxygen atoms in total. The van der Waals surface area contributed by atoms with E-state index in [0.29, 0.717) is 25.0 Å². The molecule has 8 heteroatoms. The van der Waals surface area contributed by atoms with Gasteiger partial charge >= 0.3 is 0 Å². The number of carbonyl (C=O) groups is 2. The molecule has 2 amide bonds. The number of piperazine rings is 1. The van der Waals surface area contributed by atoms with Crippen LogP contribution in [0.1, 0.15) is 12.8 Å². The molecule has 0 spiro atoms. The molecule has 4 rings (SSSR count). The van der Waals surface area contributed by atoms with Gasteiger partial charge in [0.05, 0.1) is 0 Å². The van der Waals surface area contributed by atoms with Crippen LogP contribution in [0.2, 0.25) is 0 Å². The Morgan fingerprint density at radius 3 is 2.36 bits per heavy atom. The van der Waals surface area contributed by atoms with Crippen molar-refractivity contribution in [2.75, 3.05) is 44.2 Å². The van der Waals surface area contributed by atoms with Crippen LogP contribution in [0.5, 0.6) is 0 Å². The Balaban J connectivity index is 1.33. The lowest BCUT2D eigenvalue weighted by molar-refractivity contribution is -0.138. The number of carbonyl (C=O) groups excluding carboxylic acids is 2. The Hall–Kier alpha value is -2.61. The second-order valence-electron chi connectivity index (χ2n) is 6.34. The van der Waals surface area contributed by atoms with Crippen molar-refractivity contribution in [2.45, 2.75) is 12.8 Å². The molecule has 0 N–H and O–H groups in total. The lowest BCUT2D eigenvalue weighted by atomic mass is 10.3. The van der Waals surface area contributed by atoms with Crippen LogP contribution in [0.3, 0.4) is 0 Å². The number of hydrogen-bond acceptors (Lipinski definition) is 7. The van der Waals surface area contributed by atoms with Gasteiger partial charge in [-0.3, -0.25) is 24.4 Å². The normalized spacial score (nSPS) is 19.2. The van der Waals surface area contributed by atoms with E-state index in [2.05, 4.69) is 24.8 Å². The first kappa shape index (κ1) is 15.9. The van der Waals surface area contributed by atoms with Gasteiger partial charge in [-0.2, -0.15) is 0 Å². The van der Waals surface area contributed by atoms with Crippen molar-refractivity contribution in [3.63, 3.8) is 0 Å². The number of fused-ring (bicyclic) bond motifs is 1. The number of anilines is 1. The zero-order valence-corrected chi connectivity index (χ0v) is 14.0. The van der Waals surface area contributed by atoms with E-state index in [0.717, 1.165) is 44.1 Å². The SMILES string of the molecule is O=C1CCC(=O)N1CCN1CCN(c2ccc3nccnc3n2)CC1. The molecule has 2 aromatic heterocycles. The zero-order valence-electron chi connectivity index (χ0n) is 14.0. The average Bonchev–Trinajstić information content (AvgIpc) is 2.98. The monoisotopic (exact) mass is 340 g/mol. The van der Waals surface area contributed by atoms with Crippen LogP contribution >= 0.6 is 0 Å². The molecule has 4 heterocycles. The van der Waals surface area contributed by atoms with Gasteiger partial charge in [0.15, 0.2) is 5.65 Å². The van der Waals surface area contributed by atoms with E-state index in [1.54, 1.807) is 12.4 Å². The number of hydrogen-bond donors (Lipinski definition) is 0. The van der Waals surface area contributed by atoms with Crippen molar-refractivity contribution < 1.29 is 9.59 Å². The molecule has 2 aliphatic rings. The lowest BCUT2D eigenvalue weighted by Crippen LogP contribution is -2.49. The molecule has 0 aliphatic carbocycles. The number of amides is 2. The standard InChI is InChI=1S/C17H20N6O2/c24-15-3-4-16(25)23(15)12-9-21-7-10-22(11-8-21)14-2-1-13-17(20-14)19-6-5-18-13/h1-2,5-6H,3-4,7-12H2. The minimum atomic E-state index is -0.0369. The van der Waals surface area contributed by atoms with Gasteiger partial charge in [0.1, 0.15) is 11.3 Å². The maximum absolute atomic E-state index is 11.7. The number of pyridine rings is 1. The number of nitrogens with zero attached hydrogens (tertiary/aromatic N) is 6. The Labute approximate surface area is 145 Å². The highest BCUT2D eigenvalue weighted by Gasteiger charge is 2.29. The molecule has 2 saturated heterocycles. The van der Waals surface area contributed by atoms with Crippen LogP contribution in [-0.2, 0) is 9.59 Å². The summed E-state index contributed by atoms with van der Waals surface area (Å²) in [5, 5.41) is 0. The maximum Gasteiger partial charge on any atom is 0.229 e. The third-order valence-electron chi connectivity index (χ3n) is 4.81. The van der Waals surface area contributed by atoms with Crippen molar-refractivity contribution in [3.8, 4) is 0 Å². The van der Waals surface area contributed by atoms with Crippen LogP contribution in [0.25, 0.3) is 11.2 Å². The molecule has 0 atom stereocenters. The quantitative estimate of drug-likeness (QED) is 0.740. The van der Waals surface area contributed by atoms with Crippen LogP contribution in [-0.4, -0.2) is 75.8 Å². The third kappa shape index (κ3) is 3.30. The summed E-state index contributed by atoms with van der Waals surface area (Å²) in [5.41, 5.74) is 1.46. The zero-order chi connectivity index (χ0) is 17.2. The van der Waals surface area contributed by atoms with Gasteiger partial charge in [-0.15, -0.1) is 0 Å². The fourth-order valence-electron chi connectivity index (χ4n) is 3.33. The third-order valence-corrected chi connectivity index (χ3v) is 4.81. The molecular formula is C17H20N6O2. The lowest BCUT2D eigenvalue weighted by Gasteiger charge is -2.35. The van der Waals surface area contributed by atoms with Gasteiger partial charge in [0.2, 0.25) is 11.8 Å². The summed E-state index contributed by atoms with van der Waals surface area (Å²) in [6.45, 7) is 4.73. The van der Waals surface area contributed by atoms with Gasteiger partial charge in [-0.1, -0.05) is 0 Å². The molecule has 2 aromatic rings. The van der Waals surface area contributed by atoms with Gasteiger partial charge < -0.3 is 4.90 Å². The van der Waals surface area contributed by atoms with Crippen molar-refractivity contribution in [2.24, 2.45) is 0 Å². The smallest absolute Gasteiger partial charge is 0.229 e. The van der Waals surface area contributed by atoms with Gasteiger partial charge in [-0.05, 0) is 12.1 Å². The topological polar surface area (TPSA) is 82.5 Å². The van der Waals surface area contributed by atoms with E-state index in [1.165, 1.54) is 4.90 Å². The molecule has 2 fully saturated rings. The summed E-state index contributed by atoms with van der Waals surface area (Å²) in [6, 6.07) is 3.93. The number of likely N-dealkylation sites (tertiary alicyclic amines) is 1. The van der Waals surface area contributed by atoms with Gasteiger partial charge in [0, 0.05) is 64.5 Å². The van der Waals surface area contributed by atoms with Crippen molar-refractivity contribution in [1.29, 1.82) is 0 Å². The number of rotatable bonds is 4.